The summed E-state index contributed by atoms with van der Waals surface area (Å²) >= 11 is 0. The Kier molecular flexibility index (Phi) is 5.71. The van der Waals surface area contributed by atoms with E-state index in [9.17, 15) is 39.9 Å². The Morgan fingerprint density at radius 1 is 1.11 bits per heavy atom. The third-order valence-electron chi connectivity index (χ3n) is 8.05. The number of benzene rings is 1. The van der Waals surface area contributed by atoms with Gasteiger partial charge in [-0.05, 0) is 49.8 Å². The number of hydrogen-bond acceptors (Lipinski definition) is 10. The first-order chi connectivity index (χ1) is 17.8. The predicted octanol–water partition coefficient (Wildman–Crippen LogP) is 0.714. The van der Waals surface area contributed by atoms with Crippen molar-refractivity contribution in [3.63, 3.8) is 0 Å². The molecular weight excluding hydrogens is 494 g/mol. The van der Waals surface area contributed by atoms with Crippen LogP contribution in [0, 0.1) is 11.8 Å². The summed E-state index contributed by atoms with van der Waals surface area (Å²) in [5.74, 6) is -9.31. The monoisotopic (exact) mass is 521 g/mol. The third-order valence-corrected chi connectivity index (χ3v) is 8.05. The van der Waals surface area contributed by atoms with E-state index in [0.29, 0.717) is 16.8 Å². The van der Waals surface area contributed by atoms with Crippen LogP contribution >= 0.6 is 0 Å². The molecule has 7 N–H and O–H groups in total. The SMILES string of the molecule is C[C@H]1c2c(-c3ccccn3)ccc(O)c2C(=O)C2=C(O)[C@]3(O)C(=O)C(C(N)=O)=C(O)[C@H](N(C)C)[C@@H]3[C@@H](O)[C@@H]21. The summed E-state index contributed by atoms with van der Waals surface area (Å²) in [4.78, 5) is 45.1. The summed E-state index contributed by atoms with van der Waals surface area (Å²) in [6.07, 6.45) is -0.0953. The first-order valence-corrected chi connectivity index (χ1v) is 12.0. The molecule has 1 amide bonds. The van der Waals surface area contributed by atoms with Gasteiger partial charge in [-0.2, -0.15) is 0 Å². The average molecular weight is 522 g/mol. The molecule has 3 aliphatic rings. The lowest BCUT2D eigenvalue weighted by molar-refractivity contribution is -0.162. The van der Waals surface area contributed by atoms with Crippen LogP contribution in [0.5, 0.6) is 5.75 Å². The van der Waals surface area contributed by atoms with E-state index in [1.54, 1.807) is 37.4 Å². The minimum absolute atomic E-state index is 0.159. The van der Waals surface area contributed by atoms with Crippen LogP contribution in [0.1, 0.15) is 28.8 Å². The van der Waals surface area contributed by atoms with Crippen LogP contribution in [0.2, 0.25) is 0 Å². The Hall–Kier alpha value is -4.06. The molecule has 0 bridgehead atoms. The number of fused-ring (bicyclic) bond motifs is 3. The summed E-state index contributed by atoms with van der Waals surface area (Å²) < 4.78 is 0. The molecule has 1 aromatic carbocycles. The second kappa shape index (κ2) is 8.48. The number of nitrogens with zero attached hydrogens (tertiary/aromatic N) is 2. The van der Waals surface area contributed by atoms with Crippen molar-refractivity contribution in [2.45, 2.75) is 30.6 Å². The third kappa shape index (κ3) is 3.12. The van der Waals surface area contributed by atoms with E-state index in [-0.39, 0.29) is 5.56 Å². The number of hydrogen-bond donors (Lipinski definition) is 6. The van der Waals surface area contributed by atoms with E-state index in [4.69, 9.17) is 5.73 Å². The number of aliphatic hydroxyl groups excluding tert-OH is 3. The van der Waals surface area contributed by atoms with E-state index >= 15 is 0 Å². The quantitative estimate of drug-likeness (QED) is 0.313. The maximum Gasteiger partial charge on any atom is 0.255 e. The number of aromatic nitrogens is 1. The van der Waals surface area contributed by atoms with Gasteiger partial charge in [-0.25, -0.2) is 0 Å². The number of aromatic hydroxyl groups is 1. The number of phenols is 1. The number of ketones is 2. The number of amides is 1. The van der Waals surface area contributed by atoms with Crippen LogP contribution in [0.3, 0.4) is 0 Å². The second-order valence-corrected chi connectivity index (χ2v) is 10.2. The van der Waals surface area contributed by atoms with E-state index in [2.05, 4.69) is 4.98 Å². The fourth-order valence-corrected chi connectivity index (χ4v) is 6.45. The molecule has 2 aromatic rings. The zero-order valence-electron chi connectivity index (χ0n) is 20.8. The largest absolute Gasteiger partial charge is 0.510 e. The Morgan fingerprint density at radius 3 is 2.37 bits per heavy atom. The van der Waals surface area contributed by atoms with E-state index < -0.39 is 81.4 Å². The number of nitrogens with two attached hydrogens (primary N) is 1. The van der Waals surface area contributed by atoms with Gasteiger partial charge in [-0.15, -0.1) is 0 Å². The van der Waals surface area contributed by atoms with Gasteiger partial charge in [0, 0.05) is 23.3 Å². The van der Waals surface area contributed by atoms with Crippen LogP contribution in [0.4, 0.5) is 0 Å². The van der Waals surface area contributed by atoms with Crippen LogP contribution in [-0.4, -0.2) is 84.7 Å². The molecule has 1 heterocycles. The number of phenolic OH excluding ortho intramolecular Hbond substituents is 1. The molecule has 11 heteroatoms. The fourth-order valence-electron chi connectivity index (χ4n) is 6.45. The molecule has 38 heavy (non-hydrogen) atoms. The molecular formula is C27H27N3O8. The number of carbonyl (C=O) groups is 3. The predicted molar refractivity (Wildman–Crippen MR) is 133 cm³/mol. The average Bonchev–Trinajstić information content (AvgIpc) is 2.86. The van der Waals surface area contributed by atoms with Gasteiger partial charge in [0.15, 0.2) is 11.4 Å². The van der Waals surface area contributed by atoms with Gasteiger partial charge >= 0.3 is 0 Å². The number of aliphatic hydroxyl groups is 4. The molecule has 0 spiro atoms. The number of rotatable bonds is 3. The molecule has 11 nitrogen and oxygen atoms in total. The summed E-state index contributed by atoms with van der Waals surface area (Å²) in [5.41, 5.74) is 2.24. The number of likely N-dealkylation sites (N-methyl/N-ethyl adjacent to an activating group) is 1. The van der Waals surface area contributed by atoms with Crippen molar-refractivity contribution < 1.29 is 39.9 Å². The Labute approximate surface area is 217 Å². The lowest BCUT2D eigenvalue weighted by atomic mass is 9.55. The first-order valence-electron chi connectivity index (χ1n) is 12.0. The number of Topliss-reactive ketones (excluding diaryl/α,β-unsaturated/α-hetero) is 2. The smallest absolute Gasteiger partial charge is 0.255 e. The van der Waals surface area contributed by atoms with E-state index in [0.717, 1.165) is 0 Å². The number of pyridine rings is 1. The topological polar surface area (TPSA) is 195 Å². The van der Waals surface area contributed by atoms with Gasteiger partial charge in [-0.1, -0.05) is 13.0 Å². The summed E-state index contributed by atoms with van der Waals surface area (Å²) in [7, 11) is 2.97. The molecule has 3 aliphatic carbocycles. The van der Waals surface area contributed by atoms with Gasteiger partial charge in [0.2, 0.25) is 5.78 Å². The van der Waals surface area contributed by atoms with Gasteiger partial charge in [0.25, 0.3) is 5.91 Å². The van der Waals surface area contributed by atoms with Crippen molar-refractivity contribution in [1.29, 1.82) is 0 Å². The van der Waals surface area contributed by atoms with Crippen molar-refractivity contribution in [3.05, 3.63) is 70.3 Å². The molecule has 0 unspecified atom stereocenters. The van der Waals surface area contributed by atoms with Crippen molar-refractivity contribution in [3.8, 4) is 17.0 Å². The van der Waals surface area contributed by atoms with Crippen LogP contribution in [0.25, 0.3) is 11.3 Å². The molecule has 0 saturated carbocycles. The molecule has 0 saturated heterocycles. The van der Waals surface area contributed by atoms with Crippen LogP contribution in [-0.2, 0) is 9.59 Å². The first kappa shape index (κ1) is 25.6. The molecule has 0 fully saturated rings. The maximum absolute atomic E-state index is 13.9. The minimum atomic E-state index is -2.95. The van der Waals surface area contributed by atoms with Crippen LogP contribution < -0.4 is 5.73 Å². The summed E-state index contributed by atoms with van der Waals surface area (Å²) in [6.45, 7) is 1.68. The Bertz CT molecular complexity index is 1460. The molecule has 6 atom stereocenters. The second-order valence-electron chi connectivity index (χ2n) is 10.2. The molecule has 0 radical (unpaired) electrons. The van der Waals surface area contributed by atoms with Crippen molar-refractivity contribution in [2.24, 2.45) is 17.6 Å². The lowest BCUT2D eigenvalue weighted by Crippen LogP contribution is -2.68. The van der Waals surface area contributed by atoms with Crippen molar-refractivity contribution in [1.82, 2.24) is 9.88 Å². The highest BCUT2D eigenvalue weighted by molar-refractivity contribution is 6.25. The highest BCUT2D eigenvalue weighted by Gasteiger charge is 2.67. The van der Waals surface area contributed by atoms with Gasteiger partial charge in [0.05, 0.1) is 29.3 Å². The van der Waals surface area contributed by atoms with Gasteiger partial charge in [-0.3, -0.25) is 24.3 Å². The normalized spacial score (nSPS) is 30.7. The number of primary amides is 1. The van der Waals surface area contributed by atoms with Crippen molar-refractivity contribution >= 4 is 17.5 Å². The molecule has 0 aliphatic heterocycles. The zero-order chi connectivity index (χ0) is 27.8. The van der Waals surface area contributed by atoms with Gasteiger partial charge < -0.3 is 31.3 Å². The van der Waals surface area contributed by atoms with Crippen LogP contribution in [0.15, 0.2) is 59.2 Å². The van der Waals surface area contributed by atoms with E-state index in [1.165, 1.54) is 25.1 Å². The highest BCUT2D eigenvalue weighted by atomic mass is 16.4. The maximum atomic E-state index is 13.9. The standard InChI is InChI=1S/C27H27N3O8/c1-10-14-11(12-6-4-5-9-29-12)7-8-13(31)16(14)21(32)17-15(10)22(33)19-20(30(2)3)23(34)18(26(28)37)25(36)27(19,38)24(17)35/h4-10,15,19-20,22,31,33-35,38H,1-3H3,(H2,28,37)/t10-,15+,19+,20+,22-,27-/m0/s1. The Morgan fingerprint density at radius 2 is 1.79 bits per heavy atom. The van der Waals surface area contributed by atoms with E-state index in [1.807, 2.05) is 0 Å². The summed E-state index contributed by atoms with van der Waals surface area (Å²) in [5, 5.41) is 56.5. The fraction of sp³-hybridized carbons (Fsp3) is 0.333. The molecule has 198 valence electrons. The minimum Gasteiger partial charge on any atom is -0.510 e. The lowest BCUT2D eigenvalue weighted by Gasteiger charge is -2.53. The van der Waals surface area contributed by atoms with Crippen molar-refractivity contribution in [2.75, 3.05) is 14.1 Å². The molecule has 1 aromatic heterocycles. The Balaban J connectivity index is 1.82. The summed E-state index contributed by atoms with van der Waals surface area (Å²) in [6, 6.07) is 6.78. The highest BCUT2D eigenvalue weighted by Crippen LogP contribution is 2.56. The zero-order valence-corrected chi connectivity index (χ0v) is 20.8. The molecule has 5 rings (SSSR count). The van der Waals surface area contributed by atoms with Gasteiger partial charge in [0.1, 0.15) is 22.8 Å². The number of carbonyl (C=O) groups excluding carboxylic acids is 3.